The number of aromatic hydroxyl groups is 1. The maximum atomic E-state index is 13.3. The van der Waals surface area contributed by atoms with Crippen LogP contribution < -0.4 is 5.32 Å². The number of anilines is 1. The molecular weight excluding hydrogens is 313 g/mol. The van der Waals surface area contributed by atoms with Gasteiger partial charge in [0.2, 0.25) is 0 Å². The maximum absolute atomic E-state index is 13.3. The maximum Gasteiger partial charge on any atom is 0.165 e. The first-order valence-corrected chi connectivity index (χ1v) is 6.51. The third kappa shape index (κ3) is 3.45. The Morgan fingerprint density at radius 1 is 1.16 bits per heavy atom. The van der Waals surface area contributed by atoms with Crippen LogP contribution >= 0.6 is 15.9 Å². The highest BCUT2D eigenvalue weighted by Crippen LogP contribution is 2.24. The normalized spacial score (nSPS) is 12.2. The summed E-state index contributed by atoms with van der Waals surface area (Å²) in [6, 6.07) is 11.1. The second-order valence-corrected chi connectivity index (χ2v) is 5.01. The minimum Gasteiger partial charge on any atom is -0.505 e. The number of hydrogen-bond acceptors (Lipinski definition) is 3. The van der Waals surface area contributed by atoms with Gasteiger partial charge in [-0.2, -0.15) is 0 Å². The zero-order chi connectivity index (χ0) is 13.8. The van der Waals surface area contributed by atoms with Crippen molar-refractivity contribution >= 4 is 21.6 Å². The Morgan fingerprint density at radius 2 is 1.84 bits per heavy atom. The van der Waals surface area contributed by atoms with E-state index in [1.54, 1.807) is 6.07 Å². The van der Waals surface area contributed by atoms with E-state index in [0.29, 0.717) is 5.56 Å². The first kappa shape index (κ1) is 13.8. The van der Waals surface area contributed by atoms with Crippen LogP contribution in [0.1, 0.15) is 11.6 Å². The van der Waals surface area contributed by atoms with E-state index in [9.17, 15) is 9.50 Å². The minimum atomic E-state index is -0.700. The highest BCUT2D eigenvalue weighted by molar-refractivity contribution is 9.10. The summed E-state index contributed by atoms with van der Waals surface area (Å²) in [5.74, 6) is -1.10. The van der Waals surface area contributed by atoms with E-state index in [2.05, 4.69) is 21.2 Å². The smallest absolute Gasteiger partial charge is 0.165 e. The Bertz CT molecular complexity index is 560. The number of halogens is 2. The summed E-state index contributed by atoms with van der Waals surface area (Å²) < 4.78 is 14.3. The predicted octanol–water partition coefficient (Wildman–Crippen LogP) is 3.44. The molecule has 0 bridgehead atoms. The van der Waals surface area contributed by atoms with E-state index in [4.69, 9.17) is 5.11 Å². The molecule has 0 amide bonds. The first-order valence-electron chi connectivity index (χ1n) is 5.71. The number of aliphatic hydroxyl groups is 1. The number of benzene rings is 2. The molecule has 5 heteroatoms. The average molecular weight is 326 g/mol. The van der Waals surface area contributed by atoms with Gasteiger partial charge in [-0.15, -0.1) is 0 Å². The molecule has 0 radical (unpaired) electrons. The molecule has 0 spiro atoms. The van der Waals surface area contributed by atoms with E-state index in [0.717, 1.165) is 10.2 Å². The summed E-state index contributed by atoms with van der Waals surface area (Å²) >= 11 is 3.34. The van der Waals surface area contributed by atoms with Gasteiger partial charge in [0.15, 0.2) is 11.6 Å². The topological polar surface area (TPSA) is 52.5 Å². The van der Waals surface area contributed by atoms with Gasteiger partial charge >= 0.3 is 0 Å². The molecule has 0 heterocycles. The zero-order valence-corrected chi connectivity index (χ0v) is 11.6. The Morgan fingerprint density at radius 3 is 2.42 bits per heavy atom. The minimum absolute atomic E-state index is 0.180. The number of phenolic OH excluding ortho intramolecular Hbond substituents is 1. The summed E-state index contributed by atoms with van der Waals surface area (Å²) in [6.45, 7) is -0.180. The number of aliphatic hydroxyl groups excluding tert-OH is 1. The molecule has 0 aliphatic carbocycles. The van der Waals surface area contributed by atoms with Gasteiger partial charge in [0.25, 0.3) is 0 Å². The largest absolute Gasteiger partial charge is 0.505 e. The standard InChI is InChI=1S/C14H13BrFNO2/c15-10-2-4-11(5-3-10)17-13(8-18)9-1-6-14(19)12(16)7-9/h1-7,13,17-19H,8H2. The number of nitrogens with one attached hydrogen (secondary N) is 1. The quantitative estimate of drug-likeness (QED) is 0.807. The third-order valence-corrected chi connectivity index (χ3v) is 3.27. The fourth-order valence-electron chi connectivity index (χ4n) is 1.72. The van der Waals surface area contributed by atoms with Crippen LogP contribution in [0.3, 0.4) is 0 Å². The molecule has 0 saturated heterocycles. The van der Waals surface area contributed by atoms with Crippen molar-refractivity contribution in [2.24, 2.45) is 0 Å². The van der Waals surface area contributed by atoms with Gasteiger partial charge in [-0.05, 0) is 42.0 Å². The van der Waals surface area contributed by atoms with Crippen LogP contribution in [0, 0.1) is 5.82 Å². The molecule has 1 atom stereocenters. The van der Waals surface area contributed by atoms with Crippen LogP contribution in [0.2, 0.25) is 0 Å². The van der Waals surface area contributed by atoms with Crippen molar-refractivity contribution < 1.29 is 14.6 Å². The predicted molar refractivity (Wildman–Crippen MR) is 75.7 cm³/mol. The summed E-state index contributed by atoms with van der Waals surface area (Å²) in [6.07, 6.45) is 0. The lowest BCUT2D eigenvalue weighted by Gasteiger charge is -2.18. The van der Waals surface area contributed by atoms with Crippen LogP contribution in [-0.4, -0.2) is 16.8 Å². The lowest BCUT2D eigenvalue weighted by Crippen LogP contribution is -2.14. The van der Waals surface area contributed by atoms with Gasteiger partial charge in [0, 0.05) is 10.2 Å². The number of hydrogen-bond donors (Lipinski definition) is 3. The van der Waals surface area contributed by atoms with Crippen molar-refractivity contribution in [2.75, 3.05) is 11.9 Å². The van der Waals surface area contributed by atoms with Crippen molar-refractivity contribution in [3.05, 3.63) is 58.3 Å². The SMILES string of the molecule is OCC(Nc1ccc(Br)cc1)c1ccc(O)c(F)c1. The molecule has 0 fully saturated rings. The van der Waals surface area contributed by atoms with Gasteiger partial charge in [0.05, 0.1) is 12.6 Å². The van der Waals surface area contributed by atoms with E-state index in [1.807, 2.05) is 24.3 Å². The van der Waals surface area contributed by atoms with Gasteiger partial charge in [0.1, 0.15) is 0 Å². The average Bonchev–Trinajstić information content (AvgIpc) is 2.41. The molecule has 2 aromatic carbocycles. The Labute approximate surface area is 118 Å². The van der Waals surface area contributed by atoms with Gasteiger partial charge in [-0.25, -0.2) is 4.39 Å². The fourth-order valence-corrected chi connectivity index (χ4v) is 1.99. The molecule has 2 aromatic rings. The Balaban J connectivity index is 2.19. The monoisotopic (exact) mass is 325 g/mol. The van der Waals surface area contributed by atoms with Crippen molar-refractivity contribution in [2.45, 2.75) is 6.04 Å². The number of phenols is 1. The molecule has 3 N–H and O–H groups in total. The molecule has 0 saturated carbocycles. The summed E-state index contributed by atoms with van der Waals surface area (Å²) in [5.41, 5.74) is 1.39. The fraction of sp³-hybridized carbons (Fsp3) is 0.143. The van der Waals surface area contributed by atoms with Crippen LogP contribution in [-0.2, 0) is 0 Å². The second-order valence-electron chi connectivity index (χ2n) is 4.10. The van der Waals surface area contributed by atoms with Gasteiger partial charge in [-0.3, -0.25) is 0 Å². The second kappa shape index (κ2) is 6.04. The van der Waals surface area contributed by atoms with Crippen LogP contribution in [0.5, 0.6) is 5.75 Å². The molecule has 0 aromatic heterocycles. The summed E-state index contributed by atoms with van der Waals surface area (Å²) in [7, 11) is 0. The summed E-state index contributed by atoms with van der Waals surface area (Å²) in [5, 5.41) is 21.7. The highest BCUT2D eigenvalue weighted by atomic mass is 79.9. The van der Waals surface area contributed by atoms with Gasteiger partial charge in [-0.1, -0.05) is 22.0 Å². The lowest BCUT2D eigenvalue weighted by atomic mass is 10.1. The summed E-state index contributed by atoms with van der Waals surface area (Å²) in [4.78, 5) is 0. The van der Waals surface area contributed by atoms with Crippen molar-refractivity contribution in [1.82, 2.24) is 0 Å². The zero-order valence-electron chi connectivity index (χ0n) is 9.98. The molecule has 3 nitrogen and oxygen atoms in total. The van der Waals surface area contributed by atoms with Crippen molar-refractivity contribution in [3.8, 4) is 5.75 Å². The third-order valence-electron chi connectivity index (χ3n) is 2.74. The lowest BCUT2D eigenvalue weighted by molar-refractivity contribution is 0.276. The molecular formula is C14H13BrFNO2. The molecule has 2 rings (SSSR count). The molecule has 1 unspecified atom stereocenters. The highest BCUT2D eigenvalue weighted by Gasteiger charge is 2.12. The van der Waals surface area contributed by atoms with E-state index in [-0.39, 0.29) is 6.61 Å². The van der Waals surface area contributed by atoms with Gasteiger partial charge < -0.3 is 15.5 Å². The van der Waals surface area contributed by atoms with Crippen LogP contribution in [0.25, 0.3) is 0 Å². The van der Waals surface area contributed by atoms with Crippen molar-refractivity contribution in [3.63, 3.8) is 0 Å². The molecule has 0 aliphatic heterocycles. The molecule has 100 valence electrons. The van der Waals surface area contributed by atoms with E-state index < -0.39 is 17.6 Å². The van der Waals surface area contributed by atoms with Crippen LogP contribution in [0.4, 0.5) is 10.1 Å². The molecule has 19 heavy (non-hydrogen) atoms. The molecule has 0 aliphatic rings. The van der Waals surface area contributed by atoms with Crippen LogP contribution in [0.15, 0.2) is 46.9 Å². The van der Waals surface area contributed by atoms with E-state index >= 15 is 0 Å². The van der Waals surface area contributed by atoms with E-state index in [1.165, 1.54) is 12.1 Å². The Hall–Kier alpha value is -1.59. The van der Waals surface area contributed by atoms with Crippen molar-refractivity contribution in [1.29, 1.82) is 0 Å². The first-order chi connectivity index (χ1) is 9.10. The number of rotatable bonds is 4. The Kier molecular flexibility index (Phi) is 4.39.